The number of carbonyl (C=O) groups excluding carboxylic acids is 1. The number of carbonyl (C=O) groups is 1. The highest BCUT2D eigenvalue weighted by molar-refractivity contribution is 7.13. The molecule has 0 aliphatic heterocycles. The predicted molar refractivity (Wildman–Crippen MR) is 101 cm³/mol. The van der Waals surface area contributed by atoms with Crippen LogP contribution in [0.5, 0.6) is 0 Å². The fourth-order valence-electron chi connectivity index (χ4n) is 2.44. The van der Waals surface area contributed by atoms with Crippen molar-refractivity contribution in [2.24, 2.45) is 0 Å². The summed E-state index contributed by atoms with van der Waals surface area (Å²) in [6.45, 7) is 1.68. The molecule has 1 N–H and O–H groups in total. The first kappa shape index (κ1) is 17.3. The monoisotopic (exact) mass is 401 g/mol. The van der Waals surface area contributed by atoms with Gasteiger partial charge in [0.05, 0.1) is 5.69 Å². The molecule has 0 fully saturated rings. The van der Waals surface area contributed by atoms with E-state index in [-0.39, 0.29) is 23.6 Å². The molecular weight excluding hydrogens is 390 g/mol. The van der Waals surface area contributed by atoms with Gasteiger partial charge in [-0.25, -0.2) is 9.97 Å². The van der Waals surface area contributed by atoms with E-state index in [0.717, 1.165) is 5.56 Å². The number of amides is 1. The zero-order valence-electron chi connectivity index (χ0n) is 14.0. The number of thiazole rings is 1. The maximum atomic E-state index is 12.6. The number of benzene rings is 1. The van der Waals surface area contributed by atoms with Crippen LogP contribution in [0.3, 0.4) is 0 Å². The minimum Gasteiger partial charge on any atom is -0.300 e. The Morgan fingerprint density at radius 3 is 2.93 bits per heavy atom. The van der Waals surface area contributed by atoms with Crippen LogP contribution in [0.15, 0.2) is 40.9 Å². The summed E-state index contributed by atoms with van der Waals surface area (Å²) in [7, 11) is 0. The average Bonchev–Trinajstić information content (AvgIpc) is 3.30. The summed E-state index contributed by atoms with van der Waals surface area (Å²) < 4.78 is 2.61. The van der Waals surface area contributed by atoms with E-state index < -0.39 is 5.56 Å². The van der Waals surface area contributed by atoms with Gasteiger partial charge < -0.3 is 5.32 Å². The lowest BCUT2D eigenvalue weighted by molar-refractivity contribution is -0.116. The Balaban J connectivity index is 1.66. The molecule has 0 bridgehead atoms. The largest absolute Gasteiger partial charge is 0.300 e. The third kappa shape index (κ3) is 3.32. The Morgan fingerprint density at radius 1 is 1.33 bits per heavy atom. The van der Waals surface area contributed by atoms with E-state index in [4.69, 9.17) is 11.6 Å². The van der Waals surface area contributed by atoms with Crippen LogP contribution < -0.4 is 10.9 Å². The van der Waals surface area contributed by atoms with Crippen LogP contribution in [0.4, 0.5) is 5.13 Å². The number of anilines is 1. The summed E-state index contributed by atoms with van der Waals surface area (Å²) in [6.07, 6.45) is 2.87. The summed E-state index contributed by atoms with van der Waals surface area (Å²) in [5, 5.41) is 13.3. The summed E-state index contributed by atoms with van der Waals surface area (Å²) in [5.41, 5.74) is 1.46. The first-order valence-corrected chi connectivity index (χ1v) is 9.05. The third-order valence-corrected chi connectivity index (χ3v) is 4.92. The number of aryl methyl sites for hydroxylation is 1. The van der Waals surface area contributed by atoms with Gasteiger partial charge in [0.2, 0.25) is 5.91 Å². The number of fused-ring (bicyclic) bond motifs is 1. The van der Waals surface area contributed by atoms with Crippen molar-refractivity contribution in [3.8, 4) is 5.69 Å². The van der Waals surface area contributed by atoms with E-state index in [1.807, 2.05) is 19.1 Å². The van der Waals surface area contributed by atoms with Crippen molar-refractivity contribution in [1.82, 2.24) is 29.5 Å². The molecule has 1 aromatic carbocycles. The summed E-state index contributed by atoms with van der Waals surface area (Å²) in [6, 6.07) is 5.37. The van der Waals surface area contributed by atoms with Crippen molar-refractivity contribution in [2.45, 2.75) is 13.5 Å². The van der Waals surface area contributed by atoms with Crippen LogP contribution in [0, 0.1) is 6.92 Å². The van der Waals surface area contributed by atoms with Gasteiger partial charge >= 0.3 is 0 Å². The Bertz CT molecular complexity index is 1200. The first-order valence-electron chi connectivity index (χ1n) is 7.79. The molecule has 0 radical (unpaired) electrons. The highest BCUT2D eigenvalue weighted by Gasteiger charge is 2.15. The Hall–Kier alpha value is -3.11. The molecule has 0 saturated heterocycles. The van der Waals surface area contributed by atoms with Gasteiger partial charge in [0.25, 0.3) is 5.56 Å². The van der Waals surface area contributed by atoms with E-state index in [0.29, 0.717) is 15.8 Å². The fourth-order valence-corrected chi connectivity index (χ4v) is 3.16. The number of rotatable bonds is 4. The highest BCUT2D eigenvalue weighted by atomic mass is 35.5. The molecule has 0 unspecified atom stereocenters. The second-order valence-electron chi connectivity index (χ2n) is 5.67. The van der Waals surface area contributed by atoms with Gasteiger partial charge in [-0.05, 0) is 24.6 Å². The summed E-state index contributed by atoms with van der Waals surface area (Å²) >= 11 is 7.45. The molecule has 27 heavy (non-hydrogen) atoms. The zero-order valence-corrected chi connectivity index (χ0v) is 15.5. The summed E-state index contributed by atoms with van der Waals surface area (Å²) in [5.74, 6) is -0.383. The van der Waals surface area contributed by atoms with Gasteiger partial charge in [-0.15, -0.1) is 16.4 Å². The number of nitrogens with one attached hydrogen (secondary N) is 1. The molecule has 4 aromatic rings. The quantitative estimate of drug-likeness (QED) is 0.560. The molecule has 9 nitrogen and oxygen atoms in total. The maximum Gasteiger partial charge on any atom is 0.284 e. The van der Waals surface area contributed by atoms with Crippen LogP contribution in [0.1, 0.15) is 5.56 Å². The van der Waals surface area contributed by atoms with Gasteiger partial charge in [0, 0.05) is 16.6 Å². The molecule has 0 saturated carbocycles. The Kier molecular flexibility index (Phi) is 4.42. The van der Waals surface area contributed by atoms with Crippen LogP contribution in [-0.4, -0.2) is 35.4 Å². The normalized spacial score (nSPS) is 11.0. The van der Waals surface area contributed by atoms with Crippen molar-refractivity contribution >= 4 is 45.1 Å². The molecule has 3 aromatic heterocycles. The van der Waals surface area contributed by atoms with Gasteiger partial charge in [-0.3, -0.25) is 14.2 Å². The van der Waals surface area contributed by atoms with Crippen LogP contribution in [-0.2, 0) is 11.3 Å². The van der Waals surface area contributed by atoms with Crippen LogP contribution >= 0.6 is 22.9 Å². The SMILES string of the molecule is Cc1ccc(-n2nnc3c(=O)n(CC(=O)Nc4nccs4)cnc32)cc1Cl. The average molecular weight is 402 g/mol. The molecular formula is C16H12ClN7O2S. The Morgan fingerprint density at radius 2 is 2.19 bits per heavy atom. The van der Waals surface area contributed by atoms with E-state index >= 15 is 0 Å². The van der Waals surface area contributed by atoms with Gasteiger partial charge in [-0.1, -0.05) is 22.9 Å². The smallest absolute Gasteiger partial charge is 0.284 e. The highest BCUT2D eigenvalue weighted by Crippen LogP contribution is 2.20. The molecule has 0 aliphatic rings. The molecule has 3 heterocycles. The number of halogens is 1. The second kappa shape index (κ2) is 6.89. The maximum absolute atomic E-state index is 12.6. The van der Waals surface area contributed by atoms with Crippen LogP contribution in [0.25, 0.3) is 16.9 Å². The van der Waals surface area contributed by atoms with Gasteiger partial charge in [-0.2, -0.15) is 4.68 Å². The van der Waals surface area contributed by atoms with Crippen LogP contribution in [0.2, 0.25) is 5.02 Å². The number of nitrogens with zero attached hydrogens (tertiary/aromatic N) is 6. The molecule has 0 atom stereocenters. The minimum atomic E-state index is -0.459. The summed E-state index contributed by atoms with van der Waals surface area (Å²) in [4.78, 5) is 32.9. The fraction of sp³-hybridized carbons (Fsp3) is 0.125. The lowest BCUT2D eigenvalue weighted by Crippen LogP contribution is -2.28. The van der Waals surface area contributed by atoms with Gasteiger partial charge in [0.15, 0.2) is 16.3 Å². The van der Waals surface area contributed by atoms with Crippen molar-refractivity contribution in [1.29, 1.82) is 0 Å². The van der Waals surface area contributed by atoms with Crippen molar-refractivity contribution < 1.29 is 4.79 Å². The minimum absolute atomic E-state index is 0.0660. The van der Waals surface area contributed by atoms with Crippen molar-refractivity contribution in [3.05, 3.63) is 57.0 Å². The third-order valence-electron chi connectivity index (χ3n) is 3.82. The first-order chi connectivity index (χ1) is 13.0. The molecule has 136 valence electrons. The predicted octanol–water partition coefficient (Wildman–Crippen LogP) is 2.03. The lowest BCUT2D eigenvalue weighted by Gasteiger charge is -2.06. The van der Waals surface area contributed by atoms with E-state index in [1.54, 1.807) is 17.6 Å². The van der Waals surface area contributed by atoms with E-state index in [1.165, 1.54) is 26.9 Å². The molecule has 11 heteroatoms. The molecule has 4 rings (SSSR count). The number of hydrogen-bond donors (Lipinski definition) is 1. The molecule has 0 aliphatic carbocycles. The standard InChI is InChI=1S/C16H12ClN7O2S/c1-9-2-3-10(6-11(9)17)24-14-13(21-22-24)15(26)23(8-19-14)7-12(25)20-16-18-4-5-27-16/h2-6,8H,7H2,1H3,(H,18,20,25). The van der Waals surface area contributed by atoms with Crippen molar-refractivity contribution in [3.63, 3.8) is 0 Å². The van der Waals surface area contributed by atoms with Gasteiger partial charge in [0.1, 0.15) is 12.9 Å². The Labute approximate surface area is 161 Å². The topological polar surface area (TPSA) is 108 Å². The number of aromatic nitrogens is 6. The molecule has 1 amide bonds. The number of hydrogen-bond acceptors (Lipinski definition) is 7. The zero-order chi connectivity index (χ0) is 19.0. The second-order valence-corrected chi connectivity index (χ2v) is 6.97. The lowest BCUT2D eigenvalue weighted by atomic mass is 10.2. The van der Waals surface area contributed by atoms with E-state index in [2.05, 4.69) is 25.6 Å². The van der Waals surface area contributed by atoms with Crippen molar-refractivity contribution in [2.75, 3.05) is 5.32 Å². The molecule has 0 spiro atoms. The van der Waals surface area contributed by atoms with E-state index in [9.17, 15) is 9.59 Å².